The van der Waals surface area contributed by atoms with Crippen molar-refractivity contribution in [1.29, 1.82) is 0 Å². The summed E-state index contributed by atoms with van der Waals surface area (Å²) in [4.78, 5) is 50.1. The molecule has 0 unspecified atom stereocenters. The number of dihydropyridines is 1. The molecule has 0 saturated heterocycles. The van der Waals surface area contributed by atoms with E-state index in [9.17, 15) is 19.2 Å². The van der Waals surface area contributed by atoms with Crippen LogP contribution in [0.4, 0.5) is 0 Å². The number of methoxy groups -OCH3 is 1. The molecule has 1 aromatic carbocycles. The predicted molar refractivity (Wildman–Crippen MR) is 114 cm³/mol. The Bertz CT molecular complexity index is 1020. The summed E-state index contributed by atoms with van der Waals surface area (Å²) in [5, 5.41) is 3.20. The number of ketones is 1. The molecule has 0 radical (unpaired) electrons. The minimum atomic E-state index is -0.953. The number of carbonyl (C=O) groups is 4. The normalized spacial score (nSPS) is 22.7. The minimum Gasteiger partial charge on any atom is -0.468 e. The SMILES string of the molecule is CCOC(=O)C1=C(C)NC2=C(C(=O)[C@H](C(=O)OC)[C@H](C)C2)[C@@H]1c1ccc(OC(C)=O)cc1. The van der Waals surface area contributed by atoms with Crippen molar-refractivity contribution in [2.75, 3.05) is 13.7 Å². The van der Waals surface area contributed by atoms with Gasteiger partial charge in [0, 0.05) is 29.8 Å². The molecule has 0 aromatic heterocycles. The van der Waals surface area contributed by atoms with Crippen molar-refractivity contribution in [1.82, 2.24) is 5.32 Å². The zero-order chi connectivity index (χ0) is 23.6. The summed E-state index contributed by atoms with van der Waals surface area (Å²) < 4.78 is 15.3. The molecule has 0 amide bonds. The van der Waals surface area contributed by atoms with E-state index in [1.54, 1.807) is 38.1 Å². The van der Waals surface area contributed by atoms with Crippen LogP contribution in [0.3, 0.4) is 0 Å². The van der Waals surface area contributed by atoms with Gasteiger partial charge in [-0.3, -0.25) is 14.4 Å². The summed E-state index contributed by atoms with van der Waals surface area (Å²) >= 11 is 0. The molecule has 2 aliphatic rings. The zero-order valence-corrected chi connectivity index (χ0v) is 18.8. The van der Waals surface area contributed by atoms with Crippen molar-refractivity contribution in [2.45, 2.75) is 40.0 Å². The summed E-state index contributed by atoms with van der Waals surface area (Å²) in [5.41, 5.74) is 2.57. The van der Waals surface area contributed by atoms with Crippen molar-refractivity contribution in [3.8, 4) is 5.75 Å². The lowest BCUT2D eigenvalue weighted by Crippen LogP contribution is -2.43. The van der Waals surface area contributed by atoms with Gasteiger partial charge < -0.3 is 19.5 Å². The third-order valence-electron chi connectivity index (χ3n) is 5.71. The number of benzene rings is 1. The van der Waals surface area contributed by atoms with Crippen LogP contribution in [0.15, 0.2) is 46.8 Å². The topological polar surface area (TPSA) is 108 Å². The van der Waals surface area contributed by atoms with E-state index in [0.717, 1.165) is 0 Å². The second kappa shape index (κ2) is 9.38. The number of ether oxygens (including phenoxy) is 3. The number of carbonyl (C=O) groups excluding carboxylic acids is 4. The lowest BCUT2D eigenvalue weighted by molar-refractivity contribution is -0.151. The average molecular weight is 441 g/mol. The van der Waals surface area contributed by atoms with Crippen LogP contribution in [0.2, 0.25) is 0 Å². The molecule has 1 heterocycles. The van der Waals surface area contributed by atoms with E-state index in [-0.39, 0.29) is 18.3 Å². The Balaban J connectivity index is 2.14. The molecule has 0 spiro atoms. The molecule has 3 atom stereocenters. The van der Waals surface area contributed by atoms with E-state index in [2.05, 4.69) is 5.32 Å². The highest BCUT2D eigenvalue weighted by atomic mass is 16.5. The Hall–Kier alpha value is -3.42. The fourth-order valence-corrected chi connectivity index (χ4v) is 4.39. The van der Waals surface area contributed by atoms with Gasteiger partial charge >= 0.3 is 17.9 Å². The first-order valence-electron chi connectivity index (χ1n) is 10.5. The smallest absolute Gasteiger partial charge is 0.336 e. The molecule has 1 aliphatic carbocycles. The molecular formula is C24H27NO7. The van der Waals surface area contributed by atoms with Gasteiger partial charge in [-0.25, -0.2) is 4.79 Å². The Morgan fingerprint density at radius 3 is 2.38 bits per heavy atom. The molecule has 170 valence electrons. The second-order valence-electron chi connectivity index (χ2n) is 7.92. The highest BCUT2D eigenvalue weighted by Crippen LogP contribution is 2.45. The Morgan fingerprint density at radius 1 is 1.16 bits per heavy atom. The molecule has 8 nitrogen and oxygen atoms in total. The maximum absolute atomic E-state index is 13.6. The minimum absolute atomic E-state index is 0.176. The maximum Gasteiger partial charge on any atom is 0.336 e. The number of rotatable bonds is 5. The van der Waals surface area contributed by atoms with E-state index < -0.39 is 29.7 Å². The van der Waals surface area contributed by atoms with Gasteiger partial charge in [0.25, 0.3) is 0 Å². The second-order valence-corrected chi connectivity index (χ2v) is 7.92. The van der Waals surface area contributed by atoms with Crippen LogP contribution >= 0.6 is 0 Å². The standard InChI is InChI=1S/C24H27NO7/c1-6-31-24(29)19-13(3)25-17-11-12(2)18(23(28)30-5)22(27)21(17)20(19)15-7-9-16(10-8-15)32-14(4)26/h7-10,12,18,20,25H,6,11H2,1-5H3/t12-,18-,20-/m1/s1. The van der Waals surface area contributed by atoms with E-state index in [1.807, 2.05) is 6.92 Å². The van der Waals surface area contributed by atoms with Gasteiger partial charge in [0.05, 0.1) is 19.3 Å². The Kier molecular flexibility index (Phi) is 6.81. The third kappa shape index (κ3) is 4.30. The van der Waals surface area contributed by atoms with Gasteiger partial charge in [0.2, 0.25) is 0 Å². The summed E-state index contributed by atoms with van der Waals surface area (Å²) in [7, 11) is 1.25. The molecule has 8 heteroatoms. The van der Waals surface area contributed by atoms with Gasteiger partial charge in [-0.2, -0.15) is 0 Å². The number of hydrogen-bond acceptors (Lipinski definition) is 8. The largest absolute Gasteiger partial charge is 0.468 e. The molecule has 0 fully saturated rings. The number of allylic oxidation sites excluding steroid dienone is 3. The number of esters is 3. The molecule has 1 aliphatic heterocycles. The molecule has 1 aromatic rings. The van der Waals surface area contributed by atoms with E-state index in [1.165, 1.54) is 14.0 Å². The van der Waals surface area contributed by atoms with Crippen LogP contribution in [0.25, 0.3) is 0 Å². The fraction of sp³-hybridized carbons (Fsp3) is 0.417. The Labute approximate surface area is 186 Å². The molecule has 1 N–H and O–H groups in total. The third-order valence-corrected chi connectivity index (χ3v) is 5.71. The summed E-state index contributed by atoms with van der Waals surface area (Å²) in [6.07, 6.45) is 0.455. The van der Waals surface area contributed by atoms with Crippen molar-refractivity contribution < 1.29 is 33.4 Å². The van der Waals surface area contributed by atoms with E-state index in [0.29, 0.717) is 40.3 Å². The predicted octanol–water partition coefficient (Wildman–Crippen LogP) is 2.79. The quantitative estimate of drug-likeness (QED) is 0.422. The highest BCUT2D eigenvalue weighted by molar-refractivity contribution is 6.12. The number of hydrogen-bond donors (Lipinski definition) is 1. The van der Waals surface area contributed by atoms with Crippen LogP contribution in [-0.2, 0) is 28.7 Å². The van der Waals surface area contributed by atoms with Crippen LogP contribution in [-0.4, -0.2) is 37.4 Å². The zero-order valence-electron chi connectivity index (χ0n) is 18.8. The fourth-order valence-electron chi connectivity index (χ4n) is 4.39. The molecule has 0 bridgehead atoms. The highest BCUT2D eigenvalue weighted by Gasteiger charge is 2.47. The first kappa shape index (κ1) is 23.2. The van der Waals surface area contributed by atoms with Crippen molar-refractivity contribution in [3.05, 3.63) is 52.4 Å². The monoisotopic (exact) mass is 441 g/mol. The maximum atomic E-state index is 13.6. The summed E-state index contributed by atoms with van der Waals surface area (Å²) in [6.45, 7) is 6.77. The first-order chi connectivity index (χ1) is 15.2. The van der Waals surface area contributed by atoms with Gasteiger partial charge in [0.1, 0.15) is 11.7 Å². The van der Waals surface area contributed by atoms with Crippen LogP contribution in [0.5, 0.6) is 5.75 Å². The molecular weight excluding hydrogens is 414 g/mol. The van der Waals surface area contributed by atoms with E-state index in [4.69, 9.17) is 14.2 Å². The van der Waals surface area contributed by atoms with Gasteiger partial charge in [-0.1, -0.05) is 19.1 Å². The van der Waals surface area contributed by atoms with Crippen molar-refractivity contribution >= 4 is 23.7 Å². The van der Waals surface area contributed by atoms with E-state index >= 15 is 0 Å². The molecule has 3 rings (SSSR count). The number of Topliss-reactive ketones (excluding diaryl/α,β-unsaturated/α-hetero) is 1. The first-order valence-corrected chi connectivity index (χ1v) is 10.5. The number of nitrogens with one attached hydrogen (secondary N) is 1. The van der Waals surface area contributed by atoms with Gasteiger partial charge in [-0.05, 0) is 43.9 Å². The summed E-state index contributed by atoms with van der Waals surface area (Å²) in [6, 6.07) is 6.60. The lowest BCUT2D eigenvalue weighted by atomic mass is 9.69. The molecule has 32 heavy (non-hydrogen) atoms. The van der Waals surface area contributed by atoms with Gasteiger partial charge in [0.15, 0.2) is 5.78 Å². The van der Waals surface area contributed by atoms with Crippen molar-refractivity contribution in [3.63, 3.8) is 0 Å². The van der Waals surface area contributed by atoms with Gasteiger partial charge in [-0.15, -0.1) is 0 Å². The lowest BCUT2D eigenvalue weighted by Gasteiger charge is -2.38. The molecule has 0 saturated carbocycles. The van der Waals surface area contributed by atoms with Crippen LogP contribution < -0.4 is 10.1 Å². The Morgan fingerprint density at radius 2 is 1.81 bits per heavy atom. The summed E-state index contributed by atoms with van der Waals surface area (Å²) in [5.74, 6) is -3.56. The van der Waals surface area contributed by atoms with Crippen LogP contribution in [0, 0.1) is 11.8 Å². The van der Waals surface area contributed by atoms with Crippen LogP contribution in [0.1, 0.15) is 45.6 Å². The van der Waals surface area contributed by atoms with Crippen molar-refractivity contribution in [2.24, 2.45) is 11.8 Å². The average Bonchev–Trinajstić information content (AvgIpc) is 2.72.